The maximum atomic E-state index is 12.4. The highest BCUT2D eigenvalue weighted by atomic mass is 16.5. The Bertz CT molecular complexity index is 671. The Morgan fingerprint density at radius 3 is 2.25 bits per heavy atom. The molecule has 0 aliphatic carbocycles. The fourth-order valence-electron chi connectivity index (χ4n) is 2.51. The van der Waals surface area contributed by atoms with Crippen molar-refractivity contribution in [1.82, 2.24) is 5.32 Å². The van der Waals surface area contributed by atoms with Crippen molar-refractivity contribution in [1.29, 1.82) is 0 Å². The summed E-state index contributed by atoms with van der Waals surface area (Å²) in [6, 6.07) is 13.6. The van der Waals surface area contributed by atoms with Crippen molar-refractivity contribution in [2.75, 3.05) is 27.9 Å². The first kappa shape index (κ1) is 17.7. The van der Waals surface area contributed by atoms with Crippen LogP contribution in [0.15, 0.2) is 42.5 Å². The quantitative estimate of drug-likeness (QED) is 0.756. The van der Waals surface area contributed by atoms with E-state index in [9.17, 15) is 4.79 Å². The van der Waals surface area contributed by atoms with Crippen LogP contribution < -0.4 is 19.5 Å². The average Bonchev–Trinajstić information content (AvgIpc) is 2.64. The smallest absolute Gasteiger partial charge is 0.255 e. The normalized spacial score (nSPS) is 10.1. The van der Waals surface area contributed by atoms with Crippen molar-refractivity contribution in [2.45, 2.75) is 12.8 Å². The maximum absolute atomic E-state index is 12.4. The van der Waals surface area contributed by atoms with Gasteiger partial charge in [-0.2, -0.15) is 0 Å². The monoisotopic (exact) mass is 329 g/mol. The second kappa shape index (κ2) is 8.82. The number of benzene rings is 2. The van der Waals surface area contributed by atoms with Crippen LogP contribution in [-0.2, 0) is 6.42 Å². The van der Waals surface area contributed by atoms with E-state index in [1.54, 1.807) is 19.2 Å². The highest BCUT2D eigenvalue weighted by molar-refractivity contribution is 5.98. The summed E-state index contributed by atoms with van der Waals surface area (Å²) in [4.78, 5) is 12.4. The Morgan fingerprint density at radius 2 is 1.62 bits per heavy atom. The van der Waals surface area contributed by atoms with Gasteiger partial charge in [0.2, 0.25) is 5.75 Å². The number of rotatable bonds is 8. The lowest BCUT2D eigenvalue weighted by Crippen LogP contribution is -2.25. The van der Waals surface area contributed by atoms with Gasteiger partial charge < -0.3 is 19.5 Å². The Hall–Kier alpha value is -2.69. The highest BCUT2D eigenvalue weighted by Gasteiger charge is 2.20. The molecule has 0 spiro atoms. The van der Waals surface area contributed by atoms with Crippen LogP contribution in [-0.4, -0.2) is 33.8 Å². The molecule has 24 heavy (non-hydrogen) atoms. The van der Waals surface area contributed by atoms with Crippen LogP contribution in [0.3, 0.4) is 0 Å². The Morgan fingerprint density at radius 1 is 0.917 bits per heavy atom. The van der Waals surface area contributed by atoms with Crippen LogP contribution in [0.2, 0.25) is 0 Å². The molecular formula is C19H23NO4. The SMILES string of the molecule is COc1ccc(C(=O)NCCCc2ccccc2)c(OC)c1OC. The summed E-state index contributed by atoms with van der Waals surface area (Å²) in [6.45, 7) is 0.589. The highest BCUT2D eigenvalue weighted by Crippen LogP contribution is 2.39. The molecule has 5 heteroatoms. The van der Waals surface area contributed by atoms with Gasteiger partial charge in [-0.3, -0.25) is 4.79 Å². The Balaban J connectivity index is 1.99. The fraction of sp³-hybridized carbons (Fsp3) is 0.316. The molecule has 0 heterocycles. The standard InChI is InChI=1S/C19H23NO4/c1-22-16-12-11-15(17(23-2)18(16)24-3)19(21)20-13-7-10-14-8-5-4-6-9-14/h4-6,8-9,11-12H,7,10,13H2,1-3H3,(H,20,21). The number of hydrogen-bond acceptors (Lipinski definition) is 4. The van der Waals surface area contributed by atoms with E-state index >= 15 is 0 Å². The summed E-state index contributed by atoms with van der Waals surface area (Å²) in [5, 5.41) is 2.92. The van der Waals surface area contributed by atoms with Crippen LogP contribution >= 0.6 is 0 Å². The van der Waals surface area contributed by atoms with Gasteiger partial charge in [0, 0.05) is 6.54 Å². The minimum Gasteiger partial charge on any atom is -0.493 e. The third kappa shape index (κ3) is 4.19. The zero-order valence-corrected chi connectivity index (χ0v) is 14.3. The van der Waals surface area contributed by atoms with Crippen LogP contribution in [0.25, 0.3) is 0 Å². The maximum Gasteiger partial charge on any atom is 0.255 e. The summed E-state index contributed by atoms with van der Waals surface area (Å²) in [7, 11) is 4.56. The van der Waals surface area contributed by atoms with E-state index < -0.39 is 0 Å². The number of methoxy groups -OCH3 is 3. The molecule has 1 amide bonds. The molecular weight excluding hydrogens is 306 g/mol. The second-order valence-electron chi connectivity index (χ2n) is 5.23. The van der Waals surface area contributed by atoms with E-state index in [4.69, 9.17) is 14.2 Å². The van der Waals surface area contributed by atoms with Crippen molar-refractivity contribution < 1.29 is 19.0 Å². The van der Waals surface area contributed by atoms with Gasteiger partial charge in [-0.05, 0) is 30.5 Å². The third-order valence-corrected chi connectivity index (χ3v) is 3.72. The van der Waals surface area contributed by atoms with Gasteiger partial charge in [0.25, 0.3) is 5.91 Å². The number of nitrogens with one attached hydrogen (secondary N) is 1. The molecule has 0 aromatic heterocycles. The molecule has 2 aromatic carbocycles. The summed E-state index contributed by atoms with van der Waals surface area (Å²) >= 11 is 0. The molecule has 0 saturated heterocycles. The number of hydrogen-bond donors (Lipinski definition) is 1. The van der Waals surface area contributed by atoms with Gasteiger partial charge in [0.05, 0.1) is 26.9 Å². The molecule has 0 bridgehead atoms. The summed E-state index contributed by atoms with van der Waals surface area (Å²) in [5.41, 5.74) is 1.69. The largest absolute Gasteiger partial charge is 0.493 e. The fourth-order valence-corrected chi connectivity index (χ4v) is 2.51. The van der Waals surface area contributed by atoms with Crippen LogP contribution in [0.5, 0.6) is 17.2 Å². The molecule has 2 rings (SSSR count). The van der Waals surface area contributed by atoms with Gasteiger partial charge in [-0.1, -0.05) is 30.3 Å². The lowest BCUT2D eigenvalue weighted by atomic mass is 10.1. The molecule has 128 valence electrons. The van der Waals surface area contributed by atoms with E-state index in [0.717, 1.165) is 12.8 Å². The van der Waals surface area contributed by atoms with Crippen LogP contribution in [0.4, 0.5) is 0 Å². The van der Waals surface area contributed by atoms with Gasteiger partial charge in [0.15, 0.2) is 11.5 Å². The van der Waals surface area contributed by atoms with Gasteiger partial charge in [0.1, 0.15) is 0 Å². The minimum absolute atomic E-state index is 0.194. The van der Waals surface area contributed by atoms with Crippen molar-refractivity contribution in [2.24, 2.45) is 0 Å². The number of amides is 1. The lowest BCUT2D eigenvalue weighted by Gasteiger charge is -2.15. The number of ether oxygens (including phenoxy) is 3. The molecule has 0 radical (unpaired) electrons. The zero-order chi connectivity index (χ0) is 17.4. The number of carbonyl (C=O) groups excluding carboxylic acids is 1. The number of carbonyl (C=O) groups is 1. The van der Waals surface area contributed by atoms with E-state index in [0.29, 0.717) is 29.4 Å². The lowest BCUT2D eigenvalue weighted by molar-refractivity contribution is 0.0949. The van der Waals surface area contributed by atoms with E-state index in [2.05, 4.69) is 17.4 Å². The predicted octanol–water partition coefficient (Wildman–Crippen LogP) is 3.08. The van der Waals surface area contributed by atoms with Crippen LogP contribution in [0.1, 0.15) is 22.3 Å². The van der Waals surface area contributed by atoms with Crippen molar-refractivity contribution in [3.05, 3.63) is 53.6 Å². The molecule has 5 nitrogen and oxygen atoms in total. The van der Waals surface area contributed by atoms with E-state index in [-0.39, 0.29) is 5.91 Å². The molecule has 0 unspecified atom stereocenters. The number of aryl methyl sites for hydroxylation is 1. The molecule has 0 fully saturated rings. The topological polar surface area (TPSA) is 56.8 Å². The first-order valence-electron chi connectivity index (χ1n) is 7.82. The summed E-state index contributed by atoms with van der Waals surface area (Å²) in [5.74, 6) is 1.12. The zero-order valence-electron chi connectivity index (χ0n) is 14.3. The summed E-state index contributed by atoms with van der Waals surface area (Å²) < 4.78 is 15.9. The Labute approximate surface area is 142 Å². The first-order chi connectivity index (χ1) is 11.7. The summed E-state index contributed by atoms with van der Waals surface area (Å²) in [6.07, 6.45) is 1.79. The third-order valence-electron chi connectivity index (χ3n) is 3.72. The van der Waals surface area contributed by atoms with Gasteiger partial charge >= 0.3 is 0 Å². The van der Waals surface area contributed by atoms with Crippen molar-refractivity contribution in [3.8, 4) is 17.2 Å². The Kier molecular flexibility index (Phi) is 6.49. The molecule has 2 aromatic rings. The molecule has 1 N–H and O–H groups in total. The van der Waals surface area contributed by atoms with Crippen LogP contribution in [0, 0.1) is 0 Å². The van der Waals surface area contributed by atoms with Gasteiger partial charge in [-0.15, -0.1) is 0 Å². The average molecular weight is 329 g/mol. The predicted molar refractivity (Wildman–Crippen MR) is 93.2 cm³/mol. The first-order valence-corrected chi connectivity index (χ1v) is 7.82. The van der Waals surface area contributed by atoms with Gasteiger partial charge in [-0.25, -0.2) is 0 Å². The second-order valence-corrected chi connectivity index (χ2v) is 5.23. The van der Waals surface area contributed by atoms with Crippen molar-refractivity contribution in [3.63, 3.8) is 0 Å². The minimum atomic E-state index is -0.194. The molecule has 0 atom stereocenters. The molecule has 0 aliphatic rings. The molecule has 0 aliphatic heterocycles. The van der Waals surface area contributed by atoms with Crippen molar-refractivity contribution >= 4 is 5.91 Å². The van der Waals surface area contributed by atoms with E-state index in [1.165, 1.54) is 19.8 Å². The molecule has 0 saturated carbocycles. The van der Waals surface area contributed by atoms with E-state index in [1.807, 2.05) is 18.2 Å².